The normalized spacial score (nSPS) is 10.2. The summed E-state index contributed by atoms with van der Waals surface area (Å²) >= 11 is 3.19. The maximum absolute atomic E-state index is 12.0. The zero-order valence-electron chi connectivity index (χ0n) is 9.81. The molecule has 0 saturated heterocycles. The van der Waals surface area contributed by atoms with Crippen LogP contribution in [0.2, 0.25) is 0 Å². The fourth-order valence-corrected chi connectivity index (χ4v) is 1.89. The maximum atomic E-state index is 12.0. The molecule has 2 N–H and O–H groups in total. The van der Waals surface area contributed by atoms with Crippen molar-refractivity contribution in [3.05, 3.63) is 50.1 Å². The van der Waals surface area contributed by atoms with Gasteiger partial charge in [0, 0.05) is 28.4 Å². The van der Waals surface area contributed by atoms with E-state index in [9.17, 15) is 14.9 Å². The first-order chi connectivity index (χ1) is 8.97. The number of aromatic nitrogens is 2. The molecule has 0 aliphatic rings. The summed E-state index contributed by atoms with van der Waals surface area (Å²) in [7, 11) is 0. The molecule has 0 spiro atoms. The van der Waals surface area contributed by atoms with Crippen molar-refractivity contribution in [3.8, 4) is 0 Å². The van der Waals surface area contributed by atoms with E-state index in [-0.39, 0.29) is 11.3 Å². The third kappa shape index (κ3) is 2.97. The van der Waals surface area contributed by atoms with Crippen molar-refractivity contribution in [1.29, 1.82) is 0 Å². The minimum absolute atomic E-state index is 0.147. The Balaban J connectivity index is 2.27. The Kier molecular flexibility index (Phi) is 3.61. The van der Waals surface area contributed by atoms with Gasteiger partial charge in [0.15, 0.2) is 5.82 Å². The number of anilines is 1. The number of nitrogens with one attached hydrogen (secondary N) is 2. The lowest BCUT2D eigenvalue weighted by Crippen LogP contribution is -2.13. The first-order valence-corrected chi connectivity index (χ1v) is 6.04. The number of hydrogen-bond acceptors (Lipinski definition) is 4. The SMILES string of the molecule is Cc1cc(NC(=O)c2cc([N+](=O)[O-])ccc2Br)n[nH]1. The molecule has 1 aromatic heterocycles. The Morgan fingerprint density at radius 3 is 2.79 bits per heavy atom. The molecule has 98 valence electrons. The molecular weight excluding hydrogens is 316 g/mol. The topological polar surface area (TPSA) is 101 Å². The molecule has 1 aromatic carbocycles. The second-order valence-electron chi connectivity index (χ2n) is 3.81. The molecule has 8 heteroatoms. The minimum Gasteiger partial charge on any atom is -0.305 e. The van der Waals surface area contributed by atoms with Crippen molar-refractivity contribution in [3.63, 3.8) is 0 Å². The van der Waals surface area contributed by atoms with Gasteiger partial charge in [0.1, 0.15) is 0 Å². The van der Waals surface area contributed by atoms with Crippen LogP contribution in [0.25, 0.3) is 0 Å². The molecule has 0 aliphatic carbocycles. The van der Waals surface area contributed by atoms with Gasteiger partial charge in [-0.3, -0.25) is 20.0 Å². The standard InChI is InChI=1S/C11H9BrN4O3/c1-6-4-10(15-14-6)13-11(17)8-5-7(16(18)19)2-3-9(8)12/h2-5H,1H3,(H2,13,14,15,17). The molecular formula is C11H9BrN4O3. The number of nitro groups is 1. The fourth-order valence-electron chi connectivity index (χ4n) is 1.47. The molecule has 0 aliphatic heterocycles. The van der Waals surface area contributed by atoms with E-state index in [0.29, 0.717) is 10.3 Å². The summed E-state index contributed by atoms with van der Waals surface area (Å²) in [5.74, 6) is -0.108. The maximum Gasteiger partial charge on any atom is 0.270 e. The smallest absolute Gasteiger partial charge is 0.270 e. The Labute approximate surface area is 116 Å². The van der Waals surface area contributed by atoms with Crippen LogP contribution in [0.4, 0.5) is 11.5 Å². The summed E-state index contributed by atoms with van der Waals surface area (Å²) in [6, 6.07) is 5.64. The zero-order chi connectivity index (χ0) is 14.0. The zero-order valence-corrected chi connectivity index (χ0v) is 11.4. The number of H-pyrrole nitrogens is 1. The van der Waals surface area contributed by atoms with Gasteiger partial charge in [-0.05, 0) is 28.9 Å². The van der Waals surface area contributed by atoms with Gasteiger partial charge in [0.2, 0.25) is 0 Å². The Morgan fingerprint density at radius 2 is 2.21 bits per heavy atom. The number of benzene rings is 1. The van der Waals surface area contributed by atoms with Gasteiger partial charge in [0.25, 0.3) is 11.6 Å². The third-order valence-corrected chi connectivity index (χ3v) is 3.04. The third-order valence-electron chi connectivity index (χ3n) is 2.35. The summed E-state index contributed by atoms with van der Waals surface area (Å²) in [6.45, 7) is 1.80. The van der Waals surface area contributed by atoms with E-state index in [4.69, 9.17) is 0 Å². The van der Waals surface area contributed by atoms with Crippen LogP contribution in [-0.2, 0) is 0 Å². The number of aromatic amines is 1. The molecule has 1 heterocycles. The number of carbonyl (C=O) groups is 1. The van der Waals surface area contributed by atoms with Gasteiger partial charge in [-0.15, -0.1) is 0 Å². The summed E-state index contributed by atoms with van der Waals surface area (Å²) in [5, 5.41) is 19.8. The van der Waals surface area contributed by atoms with Crippen LogP contribution in [0.3, 0.4) is 0 Å². The molecule has 19 heavy (non-hydrogen) atoms. The number of hydrogen-bond donors (Lipinski definition) is 2. The molecule has 0 fully saturated rings. The molecule has 7 nitrogen and oxygen atoms in total. The molecule has 1 amide bonds. The van der Waals surface area contributed by atoms with Gasteiger partial charge in [0.05, 0.1) is 10.5 Å². The van der Waals surface area contributed by atoms with Crippen LogP contribution in [0.5, 0.6) is 0 Å². The van der Waals surface area contributed by atoms with Crippen LogP contribution in [0, 0.1) is 17.0 Å². The molecule has 0 radical (unpaired) electrons. The Morgan fingerprint density at radius 1 is 1.47 bits per heavy atom. The van der Waals surface area contributed by atoms with E-state index in [2.05, 4.69) is 31.4 Å². The highest BCUT2D eigenvalue weighted by molar-refractivity contribution is 9.10. The van der Waals surface area contributed by atoms with Gasteiger partial charge >= 0.3 is 0 Å². The number of non-ortho nitro benzene ring substituents is 1. The summed E-state index contributed by atoms with van der Waals surface area (Å²) < 4.78 is 0.475. The van der Waals surface area contributed by atoms with Gasteiger partial charge in [-0.2, -0.15) is 5.10 Å². The molecule has 0 bridgehead atoms. The van der Waals surface area contributed by atoms with E-state index >= 15 is 0 Å². The largest absolute Gasteiger partial charge is 0.305 e. The van der Waals surface area contributed by atoms with Crippen molar-refractivity contribution in [1.82, 2.24) is 10.2 Å². The molecule has 0 unspecified atom stereocenters. The number of halogens is 1. The second-order valence-corrected chi connectivity index (χ2v) is 4.67. The number of nitrogens with zero attached hydrogens (tertiary/aromatic N) is 2. The van der Waals surface area contributed by atoms with Gasteiger partial charge in [-0.1, -0.05) is 0 Å². The summed E-state index contributed by atoms with van der Waals surface area (Å²) in [5.41, 5.74) is 0.829. The first kappa shape index (κ1) is 13.2. The van der Waals surface area contributed by atoms with Crippen LogP contribution in [0.1, 0.15) is 16.1 Å². The lowest BCUT2D eigenvalue weighted by Gasteiger charge is -2.04. The van der Waals surface area contributed by atoms with Gasteiger partial charge < -0.3 is 5.32 Å². The average Bonchev–Trinajstić information content (AvgIpc) is 2.74. The molecule has 2 rings (SSSR count). The predicted octanol–water partition coefficient (Wildman–Crippen LogP) is 2.64. The quantitative estimate of drug-likeness (QED) is 0.669. The van der Waals surface area contributed by atoms with Crippen LogP contribution in [0.15, 0.2) is 28.7 Å². The van der Waals surface area contributed by atoms with E-state index in [0.717, 1.165) is 5.69 Å². The van der Waals surface area contributed by atoms with Crippen LogP contribution in [-0.4, -0.2) is 21.0 Å². The molecule has 0 saturated carbocycles. The molecule has 0 atom stereocenters. The lowest BCUT2D eigenvalue weighted by atomic mass is 10.2. The highest BCUT2D eigenvalue weighted by Crippen LogP contribution is 2.23. The summed E-state index contributed by atoms with van der Waals surface area (Å²) in [6.07, 6.45) is 0. The monoisotopic (exact) mass is 324 g/mol. The number of amides is 1. The lowest BCUT2D eigenvalue weighted by molar-refractivity contribution is -0.384. The summed E-state index contributed by atoms with van der Waals surface area (Å²) in [4.78, 5) is 22.1. The number of rotatable bonds is 3. The Bertz CT molecular complexity index is 653. The fraction of sp³-hybridized carbons (Fsp3) is 0.0909. The first-order valence-electron chi connectivity index (χ1n) is 5.24. The number of carbonyl (C=O) groups excluding carboxylic acids is 1. The highest BCUT2D eigenvalue weighted by Gasteiger charge is 2.16. The molecule has 2 aromatic rings. The number of aryl methyl sites for hydroxylation is 1. The van der Waals surface area contributed by atoms with Crippen molar-refractivity contribution in [2.75, 3.05) is 5.32 Å². The van der Waals surface area contributed by atoms with Crippen molar-refractivity contribution in [2.45, 2.75) is 6.92 Å². The van der Waals surface area contributed by atoms with Crippen molar-refractivity contribution >= 4 is 33.3 Å². The van der Waals surface area contributed by atoms with E-state index in [1.807, 2.05) is 0 Å². The predicted molar refractivity (Wildman–Crippen MR) is 72.1 cm³/mol. The van der Waals surface area contributed by atoms with Gasteiger partial charge in [-0.25, -0.2) is 0 Å². The van der Waals surface area contributed by atoms with Crippen LogP contribution >= 0.6 is 15.9 Å². The van der Waals surface area contributed by atoms with Crippen molar-refractivity contribution < 1.29 is 9.72 Å². The van der Waals surface area contributed by atoms with E-state index in [1.165, 1.54) is 18.2 Å². The van der Waals surface area contributed by atoms with E-state index < -0.39 is 10.8 Å². The van der Waals surface area contributed by atoms with Crippen molar-refractivity contribution in [2.24, 2.45) is 0 Å². The minimum atomic E-state index is -0.554. The van der Waals surface area contributed by atoms with E-state index in [1.54, 1.807) is 13.0 Å². The van der Waals surface area contributed by atoms with Crippen LogP contribution < -0.4 is 5.32 Å². The average molecular weight is 325 g/mol. The second kappa shape index (κ2) is 5.19. The Hall–Kier alpha value is -2.22. The highest BCUT2D eigenvalue weighted by atomic mass is 79.9. The number of nitro benzene ring substituents is 1.